The van der Waals surface area contributed by atoms with Gasteiger partial charge in [-0.25, -0.2) is 0 Å². The van der Waals surface area contributed by atoms with Crippen molar-refractivity contribution in [3.05, 3.63) is 41.2 Å². The molecule has 0 aliphatic carbocycles. The fourth-order valence-corrected chi connectivity index (χ4v) is 2.01. The molecular weight excluding hydrogens is 240 g/mol. The van der Waals surface area contributed by atoms with E-state index < -0.39 is 6.10 Å². The molecule has 1 N–H and O–H groups in total. The van der Waals surface area contributed by atoms with Crippen molar-refractivity contribution in [2.45, 2.75) is 33.3 Å². The number of ether oxygens (including phenoxy) is 1. The summed E-state index contributed by atoms with van der Waals surface area (Å²) >= 11 is 0. The van der Waals surface area contributed by atoms with Crippen molar-refractivity contribution in [1.29, 1.82) is 0 Å². The molecule has 2 rings (SSSR count). The number of nitrogens with zero attached hydrogens (tertiary/aromatic N) is 2. The highest BCUT2D eigenvalue weighted by molar-refractivity contribution is 5.38. The molecule has 1 heterocycles. The van der Waals surface area contributed by atoms with Gasteiger partial charge in [-0.15, -0.1) is 0 Å². The summed E-state index contributed by atoms with van der Waals surface area (Å²) in [6.45, 7) is 5.86. The normalized spacial score (nSPS) is 12.5. The Morgan fingerprint density at radius 3 is 2.37 bits per heavy atom. The van der Waals surface area contributed by atoms with Gasteiger partial charge in [-0.1, -0.05) is 19.1 Å². The molecule has 0 saturated heterocycles. The van der Waals surface area contributed by atoms with Gasteiger partial charge in [0.1, 0.15) is 11.4 Å². The van der Waals surface area contributed by atoms with E-state index in [0.29, 0.717) is 6.42 Å². The van der Waals surface area contributed by atoms with Crippen LogP contribution in [0, 0.1) is 13.8 Å². The Balaban J connectivity index is 2.20. The van der Waals surface area contributed by atoms with Crippen molar-refractivity contribution in [1.82, 2.24) is 9.78 Å². The number of benzene rings is 1. The molecule has 0 saturated carbocycles. The highest BCUT2D eigenvalue weighted by Crippen LogP contribution is 2.29. The third-order valence-electron chi connectivity index (χ3n) is 3.31. The lowest BCUT2D eigenvalue weighted by Crippen LogP contribution is -1.95. The number of aromatic nitrogens is 2. The molecule has 19 heavy (non-hydrogen) atoms. The molecule has 2 aromatic rings. The first-order valence-electron chi connectivity index (χ1n) is 6.49. The second-order valence-electron chi connectivity index (χ2n) is 4.72. The molecule has 0 fully saturated rings. The predicted octanol–water partition coefficient (Wildman–Crippen LogP) is 3.27. The van der Waals surface area contributed by atoms with E-state index in [-0.39, 0.29) is 0 Å². The first kappa shape index (κ1) is 13.6. The minimum Gasteiger partial charge on any atom is -0.453 e. The van der Waals surface area contributed by atoms with Gasteiger partial charge in [-0.05, 0) is 38.0 Å². The predicted molar refractivity (Wildman–Crippen MR) is 74.4 cm³/mol. The molecule has 1 atom stereocenters. The van der Waals surface area contributed by atoms with Crippen LogP contribution >= 0.6 is 0 Å². The van der Waals surface area contributed by atoms with Gasteiger partial charge in [0, 0.05) is 7.05 Å². The third-order valence-corrected chi connectivity index (χ3v) is 3.31. The Labute approximate surface area is 113 Å². The molecule has 0 bridgehead atoms. The van der Waals surface area contributed by atoms with E-state index in [0.717, 1.165) is 28.5 Å². The fourth-order valence-electron chi connectivity index (χ4n) is 2.01. The quantitative estimate of drug-likeness (QED) is 0.917. The Morgan fingerprint density at radius 1 is 1.26 bits per heavy atom. The third kappa shape index (κ3) is 2.79. The highest BCUT2D eigenvalue weighted by Gasteiger charge is 2.12. The van der Waals surface area contributed by atoms with Crippen molar-refractivity contribution >= 4 is 0 Å². The largest absolute Gasteiger partial charge is 0.453 e. The zero-order valence-corrected chi connectivity index (χ0v) is 11.8. The van der Waals surface area contributed by atoms with Crippen LogP contribution < -0.4 is 4.74 Å². The van der Waals surface area contributed by atoms with E-state index in [1.54, 1.807) is 4.68 Å². The maximum atomic E-state index is 9.75. The van der Waals surface area contributed by atoms with Crippen molar-refractivity contribution in [2.75, 3.05) is 0 Å². The van der Waals surface area contributed by atoms with E-state index in [2.05, 4.69) is 5.10 Å². The molecule has 102 valence electrons. The lowest BCUT2D eigenvalue weighted by molar-refractivity contribution is 0.173. The minimum absolute atomic E-state index is 0.407. The molecule has 4 heteroatoms. The van der Waals surface area contributed by atoms with Gasteiger partial charge in [-0.2, -0.15) is 5.10 Å². The smallest absolute Gasteiger partial charge is 0.171 e. The molecule has 0 aliphatic heterocycles. The average Bonchev–Trinajstić information content (AvgIpc) is 2.65. The van der Waals surface area contributed by atoms with Crippen LogP contribution in [0.1, 0.15) is 36.4 Å². The van der Waals surface area contributed by atoms with E-state index in [9.17, 15) is 5.11 Å². The molecule has 1 aromatic carbocycles. The topological polar surface area (TPSA) is 47.3 Å². The van der Waals surface area contributed by atoms with Crippen LogP contribution in [0.2, 0.25) is 0 Å². The molecule has 0 radical (unpaired) electrons. The average molecular weight is 260 g/mol. The lowest BCUT2D eigenvalue weighted by Gasteiger charge is -2.10. The summed E-state index contributed by atoms with van der Waals surface area (Å²) in [5, 5.41) is 14.1. The first-order chi connectivity index (χ1) is 9.02. The van der Waals surface area contributed by atoms with Crippen LogP contribution in [-0.2, 0) is 7.05 Å². The van der Waals surface area contributed by atoms with Crippen molar-refractivity contribution in [2.24, 2.45) is 7.05 Å². The van der Waals surface area contributed by atoms with Crippen molar-refractivity contribution in [3.63, 3.8) is 0 Å². The van der Waals surface area contributed by atoms with Crippen LogP contribution in [0.5, 0.6) is 11.5 Å². The number of aliphatic hydroxyl groups excluding tert-OH is 1. The van der Waals surface area contributed by atoms with Gasteiger partial charge >= 0.3 is 0 Å². The van der Waals surface area contributed by atoms with Gasteiger partial charge < -0.3 is 9.84 Å². The fraction of sp³-hybridized carbons (Fsp3) is 0.400. The summed E-state index contributed by atoms with van der Waals surface area (Å²) in [6.07, 6.45) is 0.303. The molecule has 0 unspecified atom stereocenters. The second kappa shape index (κ2) is 5.45. The maximum Gasteiger partial charge on any atom is 0.171 e. The Kier molecular flexibility index (Phi) is 3.90. The Bertz CT molecular complexity index is 558. The second-order valence-corrected chi connectivity index (χ2v) is 4.72. The van der Waals surface area contributed by atoms with E-state index in [1.807, 2.05) is 52.1 Å². The first-order valence-corrected chi connectivity index (χ1v) is 6.49. The maximum absolute atomic E-state index is 9.75. The van der Waals surface area contributed by atoms with Gasteiger partial charge in [0.2, 0.25) is 0 Å². The zero-order chi connectivity index (χ0) is 14.0. The summed E-state index contributed by atoms with van der Waals surface area (Å²) in [7, 11) is 1.90. The van der Waals surface area contributed by atoms with Crippen molar-refractivity contribution in [3.8, 4) is 11.5 Å². The van der Waals surface area contributed by atoms with E-state index >= 15 is 0 Å². The van der Waals surface area contributed by atoms with Crippen LogP contribution in [-0.4, -0.2) is 14.9 Å². The van der Waals surface area contributed by atoms with Crippen LogP contribution in [0.15, 0.2) is 24.3 Å². The Morgan fingerprint density at radius 2 is 1.89 bits per heavy atom. The standard InChI is InChI=1S/C15H20N2O2/c1-5-14(18)12-6-8-13(9-7-12)19-15-10(2)16-17(4)11(15)3/h6-9,14,18H,5H2,1-4H3/t14-/m1/s1. The van der Waals surface area contributed by atoms with Crippen LogP contribution in [0.25, 0.3) is 0 Å². The van der Waals surface area contributed by atoms with Gasteiger partial charge in [0.15, 0.2) is 5.75 Å². The lowest BCUT2D eigenvalue weighted by atomic mass is 10.1. The van der Waals surface area contributed by atoms with Crippen molar-refractivity contribution < 1.29 is 9.84 Å². The highest BCUT2D eigenvalue weighted by atomic mass is 16.5. The molecule has 0 spiro atoms. The molecule has 0 aliphatic rings. The van der Waals surface area contributed by atoms with Crippen LogP contribution in [0.4, 0.5) is 0 Å². The zero-order valence-electron chi connectivity index (χ0n) is 11.8. The summed E-state index contributed by atoms with van der Waals surface area (Å²) in [4.78, 5) is 0. The number of hydrogen-bond donors (Lipinski definition) is 1. The molecule has 0 amide bonds. The summed E-state index contributed by atoms with van der Waals surface area (Å²) in [6, 6.07) is 7.54. The summed E-state index contributed by atoms with van der Waals surface area (Å²) in [5.41, 5.74) is 2.78. The van der Waals surface area contributed by atoms with E-state index in [4.69, 9.17) is 4.74 Å². The molecular formula is C15H20N2O2. The van der Waals surface area contributed by atoms with Gasteiger partial charge in [-0.3, -0.25) is 4.68 Å². The van der Waals surface area contributed by atoms with E-state index in [1.165, 1.54) is 0 Å². The summed E-state index contributed by atoms with van der Waals surface area (Å²) in [5.74, 6) is 1.55. The number of aliphatic hydroxyl groups is 1. The number of aryl methyl sites for hydroxylation is 2. The van der Waals surface area contributed by atoms with Crippen LogP contribution in [0.3, 0.4) is 0 Å². The number of rotatable bonds is 4. The SMILES string of the molecule is CC[C@@H](O)c1ccc(Oc2c(C)nn(C)c2C)cc1. The van der Waals surface area contributed by atoms with Gasteiger partial charge in [0.25, 0.3) is 0 Å². The number of hydrogen-bond acceptors (Lipinski definition) is 3. The minimum atomic E-state index is -0.407. The Hall–Kier alpha value is -1.81. The molecule has 4 nitrogen and oxygen atoms in total. The summed E-state index contributed by atoms with van der Waals surface area (Å²) < 4.78 is 7.67. The molecule has 1 aromatic heterocycles. The monoisotopic (exact) mass is 260 g/mol. The van der Waals surface area contributed by atoms with Gasteiger partial charge in [0.05, 0.1) is 11.8 Å².